The zero-order chi connectivity index (χ0) is 16.1. The molecule has 0 saturated heterocycles. The van der Waals surface area contributed by atoms with Crippen molar-refractivity contribution in [1.82, 2.24) is 14.9 Å². The van der Waals surface area contributed by atoms with Crippen molar-refractivity contribution < 1.29 is 9.53 Å². The molecule has 0 aliphatic carbocycles. The Balaban J connectivity index is 1.55. The maximum absolute atomic E-state index is 12.1. The summed E-state index contributed by atoms with van der Waals surface area (Å²) in [7, 11) is 1.63. The first-order chi connectivity index (χ1) is 11.2. The second kappa shape index (κ2) is 7.11. The molecule has 0 aliphatic rings. The highest BCUT2D eigenvalue weighted by atomic mass is 32.1. The van der Waals surface area contributed by atoms with E-state index in [-0.39, 0.29) is 12.3 Å². The van der Waals surface area contributed by atoms with Crippen LogP contribution in [0.3, 0.4) is 0 Å². The van der Waals surface area contributed by atoms with Crippen LogP contribution in [0.2, 0.25) is 0 Å². The molecule has 3 aromatic rings. The number of nitrogens with one attached hydrogen (secondary N) is 1. The fraction of sp³-hybridized carbons (Fsp3) is 0.176. The molecule has 3 rings (SSSR count). The van der Waals surface area contributed by atoms with Gasteiger partial charge in [-0.15, -0.1) is 11.3 Å². The second-order valence-electron chi connectivity index (χ2n) is 5.02. The number of ether oxygens (including phenoxy) is 1. The molecule has 0 fully saturated rings. The van der Waals surface area contributed by atoms with Crippen LogP contribution in [0.4, 0.5) is 0 Å². The first-order valence-corrected chi connectivity index (χ1v) is 8.10. The third-order valence-corrected chi connectivity index (χ3v) is 4.23. The van der Waals surface area contributed by atoms with Crippen LogP contribution in [0, 0.1) is 0 Å². The van der Waals surface area contributed by atoms with E-state index in [2.05, 4.69) is 10.3 Å². The highest BCUT2D eigenvalue weighted by Gasteiger charge is 2.08. The largest absolute Gasteiger partial charge is 0.497 e. The number of rotatable bonds is 6. The first-order valence-electron chi connectivity index (χ1n) is 7.22. The van der Waals surface area contributed by atoms with Crippen molar-refractivity contribution in [2.75, 3.05) is 7.11 Å². The molecule has 2 aromatic heterocycles. The van der Waals surface area contributed by atoms with Gasteiger partial charge in [-0.05, 0) is 29.8 Å². The van der Waals surface area contributed by atoms with E-state index >= 15 is 0 Å². The number of hydrogen-bond acceptors (Lipinski definition) is 4. The molecule has 6 heteroatoms. The number of thiazole rings is 1. The van der Waals surface area contributed by atoms with Gasteiger partial charge in [-0.3, -0.25) is 4.79 Å². The van der Waals surface area contributed by atoms with Crippen molar-refractivity contribution in [2.45, 2.75) is 13.0 Å². The minimum absolute atomic E-state index is 0.0443. The highest BCUT2D eigenvalue weighted by Crippen LogP contribution is 2.15. The predicted molar refractivity (Wildman–Crippen MR) is 90.0 cm³/mol. The lowest BCUT2D eigenvalue weighted by molar-refractivity contribution is -0.120. The Hall–Kier alpha value is -2.60. The smallest absolute Gasteiger partial charge is 0.226 e. The third kappa shape index (κ3) is 3.98. The number of methoxy groups -OCH3 is 1. The average Bonchev–Trinajstić information content (AvgIpc) is 3.24. The molecule has 0 spiro atoms. The Labute approximate surface area is 138 Å². The molecule has 0 radical (unpaired) electrons. The Morgan fingerprint density at radius 1 is 1.30 bits per heavy atom. The topological polar surface area (TPSA) is 56.1 Å². The van der Waals surface area contributed by atoms with Gasteiger partial charge in [-0.2, -0.15) is 0 Å². The standard InChI is InChI=1S/C17H17N3O2S/c1-22-15-6-4-5-13(9-15)11-18-16(21)10-14-12-23-17(19-14)20-7-2-3-8-20/h2-9,12H,10-11H2,1H3,(H,18,21). The van der Waals surface area contributed by atoms with E-state index in [1.807, 2.05) is 58.7 Å². The molecule has 23 heavy (non-hydrogen) atoms. The minimum atomic E-state index is -0.0443. The summed E-state index contributed by atoms with van der Waals surface area (Å²) in [6.45, 7) is 0.477. The second-order valence-corrected chi connectivity index (χ2v) is 5.85. The van der Waals surface area contributed by atoms with E-state index < -0.39 is 0 Å². The summed E-state index contributed by atoms with van der Waals surface area (Å²) in [4.78, 5) is 16.5. The number of aromatic nitrogens is 2. The molecule has 1 aromatic carbocycles. The zero-order valence-electron chi connectivity index (χ0n) is 12.7. The van der Waals surface area contributed by atoms with Crippen LogP contribution < -0.4 is 10.1 Å². The maximum atomic E-state index is 12.1. The summed E-state index contributed by atoms with van der Waals surface area (Å²) >= 11 is 1.52. The van der Waals surface area contributed by atoms with Crippen molar-refractivity contribution >= 4 is 17.2 Å². The first kappa shape index (κ1) is 15.3. The van der Waals surface area contributed by atoms with Crippen LogP contribution in [0.25, 0.3) is 5.13 Å². The van der Waals surface area contributed by atoms with Gasteiger partial charge >= 0.3 is 0 Å². The average molecular weight is 327 g/mol. The number of nitrogens with zero attached hydrogens (tertiary/aromatic N) is 2. The van der Waals surface area contributed by atoms with Crippen LogP contribution in [0.5, 0.6) is 5.75 Å². The number of carbonyl (C=O) groups excluding carboxylic acids is 1. The number of benzene rings is 1. The van der Waals surface area contributed by atoms with Crippen molar-refractivity contribution in [3.63, 3.8) is 0 Å². The lowest BCUT2D eigenvalue weighted by Gasteiger charge is -2.06. The fourth-order valence-electron chi connectivity index (χ4n) is 2.17. The lowest BCUT2D eigenvalue weighted by atomic mass is 10.2. The fourth-order valence-corrected chi connectivity index (χ4v) is 2.96. The normalized spacial score (nSPS) is 10.5. The Morgan fingerprint density at radius 2 is 2.13 bits per heavy atom. The van der Waals surface area contributed by atoms with E-state index in [1.165, 1.54) is 11.3 Å². The molecule has 0 unspecified atom stereocenters. The summed E-state index contributed by atoms with van der Waals surface area (Å²) < 4.78 is 7.10. The maximum Gasteiger partial charge on any atom is 0.226 e. The molecule has 1 N–H and O–H groups in total. The van der Waals surface area contributed by atoms with Gasteiger partial charge < -0.3 is 14.6 Å². The zero-order valence-corrected chi connectivity index (χ0v) is 13.5. The van der Waals surface area contributed by atoms with Crippen molar-refractivity contribution in [3.05, 3.63) is 65.4 Å². The van der Waals surface area contributed by atoms with Crippen molar-refractivity contribution in [1.29, 1.82) is 0 Å². The lowest BCUT2D eigenvalue weighted by Crippen LogP contribution is -2.24. The monoisotopic (exact) mass is 327 g/mol. The van der Waals surface area contributed by atoms with Crippen LogP contribution >= 0.6 is 11.3 Å². The summed E-state index contributed by atoms with van der Waals surface area (Å²) in [5, 5.41) is 5.69. The molecule has 1 amide bonds. The predicted octanol–water partition coefficient (Wildman–Crippen LogP) is 2.80. The number of hydrogen-bond donors (Lipinski definition) is 1. The van der Waals surface area contributed by atoms with Gasteiger partial charge in [0.25, 0.3) is 0 Å². The van der Waals surface area contributed by atoms with E-state index in [0.29, 0.717) is 6.54 Å². The SMILES string of the molecule is COc1cccc(CNC(=O)Cc2csc(-n3cccc3)n2)c1. The van der Waals surface area contributed by atoms with Crippen LogP contribution in [-0.2, 0) is 17.8 Å². The summed E-state index contributed by atoms with van der Waals surface area (Å²) in [5.41, 5.74) is 1.78. The van der Waals surface area contributed by atoms with Crippen molar-refractivity contribution in [3.8, 4) is 10.9 Å². The molecule has 2 heterocycles. The minimum Gasteiger partial charge on any atom is -0.497 e. The van der Waals surface area contributed by atoms with Gasteiger partial charge in [-0.25, -0.2) is 4.98 Å². The third-order valence-electron chi connectivity index (χ3n) is 3.33. The molecular weight excluding hydrogens is 310 g/mol. The molecule has 0 aliphatic heterocycles. The van der Waals surface area contributed by atoms with E-state index in [4.69, 9.17) is 4.74 Å². The molecule has 5 nitrogen and oxygen atoms in total. The van der Waals surface area contributed by atoms with Crippen LogP contribution in [0.1, 0.15) is 11.3 Å². The van der Waals surface area contributed by atoms with Gasteiger partial charge in [0.2, 0.25) is 5.91 Å². The Bertz CT molecular complexity index is 781. The van der Waals surface area contributed by atoms with Crippen LogP contribution in [0.15, 0.2) is 54.2 Å². The Morgan fingerprint density at radius 3 is 2.91 bits per heavy atom. The van der Waals surface area contributed by atoms with Gasteiger partial charge in [-0.1, -0.05) is 12.1 Å². The van der Waals surface area contributed by atoms with E-state index in [0.717, 1.165) is 22.1 Å². The van der Waals surface area contributed by atoms with Gasteiger partial charge in [0.1, 0.15) is 5.75 Å². The molecule has 118 valence electrons. The molecule has 0 bridgehead atoms. The summed E-state index contributed by atoms with van der Waals surface area (Å²) in [6.07, 6.45) is 4.15. The van der Waals surface area contributed by atoms with Crippen molar-refractivity contribution in [2.24, 2.45) is 0 Å². The van der Waals surface area contributed by atoms with Gasteiger partial charge in [0, 0.05) is 24.3 Å². The number of carbonyl (C=O) groups is 1. The van der Waals surface area contributed by atoms with E-state index in [1.54, 1.807) is 7.11 Å². The molecular formula is C17H17N3O2S. The van der Waals surface area contributed by atoms with Gasteiger partial charge in [0.05, 0.1) is 19.2 Å². The van der Waals surface area contributed by atoms with Crippen LogP contribution in [-0.4, -0.2) is 22.6 Å². The molecule has 0 atom stereocenters. The summed E-state index contributed by atoms with van der Waals surface area (Å²) in [5.74, 6) is 0.741. The molecule has 0 saturated carbocycles. The quantitative estimate of drug-likeness (QED) is 0.757. The highest BCUT2D eigenvalue weighted by molar-refractivity contribution is 7.12. The number of amides is 1. The van der Waals surface area contributed by atoms with E-state index in [9.17, 15) is 4.79 Å². The Kier molecular flexibility index (Phi) is 4.73. The summed E-state index contributed by atoms with van der Waals surface area (Å²) in [6, 6.07) is 11.5. The van der Waals surface area contributed by atoms with Gasteiger partial charge in [0.15, 0.2) is 5.13 Å².